The number of carbonyl (C=O) groups is 1. The van der Waals surface area contributed by atoms with Gasteiger partial charge in [-0.25, -0.2) is 8.42 Å². The predicted octanol–water partition coefficient (Wildman–Crippen LogP) is 2.34. The molecule has 0 saturated carbocycles. The second-order valence-electron chi connectivity index (χ2n) is 5.43. The van der Waals surface area contributed by atoms with E-state index >= 15 is 0 Å². The van der Waals surface area contributed by atoms with Crippen LogP contribution in [0.1, 0.15) is 26.3 Å². The number of nitrogens with zero attached hydrogens (tertiary/aromatic N) is 3. The summed E-state index contributed by atoms with van der Waals surface area (Å²) in [6.45, 7) is 5.82. The molecular formula is C15H20N4O3S2. The topological polar surface area (TPSA) is 92.3 Å². The van der Waals surface area contributed by atoms with Gasteiger partial charge in [0.1, 0.15) is 0 Å². The molecule has 1 aromatic heterocycles. The number of nitrogens with one attached hydrogen (secondary N) is 1. The first kappa shape index (κ1) is 18.5. The molecule has 130 valence electrons. The van der Waals surface area contributed by atoms with Gasteiger partial charge in [0.2, 0.25) is 15.4 Å². The molecule has 1 heterocycles. The largest absolute Gasteiger partial charge is 0.300 e. The zero-order valence-corrected chi connectivity index (χ0v) is 15.4. The average molecular weight is 368 g/mol. The van der Waals surface area contributed by atoms with E-state index in [0.29, 0.717) is 6.54 Å². The van der Waals surface area contributed by atoms with Crippen LogP contribution in [0.2, 0.25) is 0 Å². The molecule has 7 nitrogen and oxygen atoms in total. The molecule has 0 bridgehead atoms. The van der Waals surface area contributed by atoms with Crippen LogP contribution in [-0.4, -0.2) is 35.4 Å². The van der Waals surface area contributed by atoms with Gasteiger partial charge in [0.25, 0.3) is 10.0 Å². The highest BCUT2D eigenvalue weighted by molar-refractivity contribution is 7.91. The number of hydrogen-bond donors (Lipinski definition) is 1. The van der Waals surface area contributed by atoms with Crippen molar-refractivity contribution < 1.29 is 13.2 Å². The summed E-state index contributed by atoms with van der Waals surface area (Å²) in [6.07, 6.45) is 0. The molecule has 1 amide bonds. The first-order valence-electron chi connectivity index (χ1n) is 7.53. The Morgan fingerprint density at radius 2 is 1.92 bits per heavy atom. The van der Waals surface area contributed by atoms with E-state index in [-0.39, 0.29) is 27.8 Å². The lowest BCUT2D eigenvalue weighted by Crippen LogP contribution is -2.30. The van der Waals surface area contributed by atoms with Gasteiger partial charge < -0.3 is 5.32 Å². The zero-order chi connectivity index (χ0) is 17.7. The summed E-state index contributed by atoms with van der Waals surface area (Å²) in [5.74, 6) is -0.453. The Morgan fingerprint density at radius 1 is 1.25 bits per heavy atom. The van der Waals surface area contributed by atoms with E-state index in [1.807, 2.05) is 30.3 Å². The maximum Gasteiger partial charge on any atom is 0.272 e. The third-order valence-electron chi connectivity index (χ3n) is 3.28. The number of benzene rings is 1. The van der Waals surface area contributed by atoms with E-state index in [0.717, 1.165) is 16.9 Å². The van der Waals surface area contributed by atoms with Crippen LogP contribution in [0, 0.1) is 5.92 Å². The summed E-state index contributed by atoms with van der Waals surface area (Å²) in [5, 5.41) is 10.2. The lowest BCUT2D eigenvalue weighted by atomic mass is 10.2. The van der Waals surface area contributed by atoms with Crippen LogP contribution in [0.25, 0.3) is 0 Å². The fourth-order valence-corrected chi connectivity index (χ4v) is 4.36. The molecule has 24 heavy (non-hydrogen) atoms. The Morgan fingerprint density at radius 3 is 2.50 bits per heavy atom. The summed E-state index contributed by atoms with van der Waals surface area (Å²) in [6, 6.07) is 9.34. The lowest BCUT2D eigenvalue weighted by Gasteiger charge is -2.18. The standard InChI is InChI=1S/C15H20N4O3S2/c1-4-19(10-12-8-6-5-7-9-12)24(21,22)15-18-17-14(23-15)16-13(20)11(2)3/h5-9,11H,4,10H2,1-3H3,(H,16,17,20). The van der Waals surface area contributed by atoms with Gasteiger partial charge in [-0.1, -0.05) is 62.4 Å². The Balaban J connectivity index is 2.19. The van der Waals surface area contributed by atoms with E-state index < -0.39 is 10.0 Å². The van der Waals surface area contributed by atoms with Crippen LogP contribution in [0.4, 0.5) is 5.13 Å². The minimum absolute atomic E-state index is 0.126. The molecule has 2 aromatic rings. The smallest absolute Gasteiger partial charge is 0.272 e. The van der Waals surface area contributed by atoms with E-state index in [2.05, 4.69) is 15.5 Å². The number of hydrogen-bond acceptors (Lipinski definition) is 6. The van der Waals surface area contributed by atoms with Crippen LogP contribution >= 0.6 is 11.3 Å². The Labute approximate surface area is 145 Å². The van der Waals surface area contributed by atoms with Gasteiger partial charge in [0.05, 0.1) is 0 Å². The van der Waals surface area contributed by atoms with E-state index in [1.54, 1.807) is 20.8 Å². The van der Waals surface area contributed by atoms with Crippen molar-refractivity contribution in [3.05, 3.63) is 35.9 Å². The maximum atomic E-state index is 12.7. The summed E-state index contributed by atoms with van der Waals surface area (Å²) < 4.78 is 26.6. The Hall–Kier alpha value is -1.84. The zero-order valence-electron chi connectivity index (χ0n) is 13.8. The molecule has 0 atom stereocenters. The van der Waals surface area contributed by atoms with Crippen molar-refractivity contribution in [2.75, 3.05) is 11.9 Å². The third kappa shape index (κ3) is 4.37. The molecule has 0 spiro atoms. The van der Waals surface area contributed by atoms with E-state index in [1.165, 1.54) is 4.31 Å². The SMILES string of the molecule is CCN(Cc1ccccc1)S(=O)(=O)c1nnc(NC(=O)C(C)C)s1. The number of carbonyl (C=O) groups excluding carboxylic acids is 1. The quantitative estimate of drug-likeness (QED) is 0.757. The number of amides is 1. The van der Waals surface area contributed by atoms with Gasteiger partial charge in [0, 0.05) is 19.0 Å². The fraction of sp³-hybridized carbons (Fsp3) is 0.400. The second kappa shape index (κ2) is 7.82. The molecule has 0 unspecified atom stereocenters. The van der Waals surface area contributed by atoms with Crippen LogP contribution < -0.4 is 5.32 Å². The molecular weight excluding hydrogens is 348 g/mol. The molecule has 9 heteroatoms. The highest BCUT2D eigenvalue weighted by Gasteiger charge is 2.28. The predicted molar refractivity (Wildman–Crippen MR) is 93.1 cm³/mol. The van der Waals surface area contributed by atoms with Crippen molar-refractivity contribution in [1.82, 2.24) is 14.5 Å². The van der Waals surface area contributed by atoms with Crippen molar-refractivity contribution in [1.29, 1.82) is 0 Å². The van der Waals surface area contributed by atoms with Gasteiger partial charge in [-0.3, -0.25) is 4.79 Å². The van der Waals surface area contributed by atoms with Gasteiger partial charge in [-0.05, 0) is 5.56 Å². The fourth-order valence-electron chi connectivity index (χ4n) is 1.88. The summed E-state index contributed by atoms with van der Waals surface area (Å²) in [7, 11) is -3.76. The van der Waals surface area contributed by atoms with Crippen LogP contribution in [0.3, 0.4) is 0 Å². The first-order chi connectivity index (χ1) is 11.3. The molecule has 1 aromatic carbocycles. The molecule has 0 radical (unpaired) electrons. The Bertz CT molecular complexity index is 788. The third-order valence-corrected chi connectivity index (χ3v) is 6.38. The van der Waals surface area contributed by atoms with Crippen LogP contribution in [0.15, 0.2) is 34.7 Å². The molecule has 0 aliphatic carbocycles. The number of rotatable bonds is 7. The first-order valence-corrected chi connectivity index (χ1v) is 9.78. The van der Waals surface area contributed by atoms with Crippen molar-refractivity contribution in [2.24, 2.45) is 5.92 Å². The number of anilines is 1. The molecule has 0 fully saturated rings. The highest BCUT2D eigenvalue weighted by atomic mass is 32.2. The van der Waals surface area contributed by atoms with Gasteiger partial charge in [-0.2, -0.15) is 4.31 Å². The maximum absolute atomic E-state index is 12.7. The van der Waals surface area contributed by atoms with Gasteiger partial charge >= 0.3 is 0 Å². The van der Waals surface area contributed by atoms with Crippen molar-refractivity contribution >= 4 is 32.4 Å². The van der Waals surface area contributed by atoms with Gasteiger partial charge in [0.15, 0.2) is 0 Å². The van der Waals surface area contributed by atoms with E-state index in [9.17, 15) is 13.2 Å². The van der Waals surface area contributed by atoms with E-state index in [4.69, 9.17) is 0 Å². The molecule has 0 aliphatic heterocycles. The lowest BCUT2D eigenvalue weighted by molar-refractivity contribution is -0.118. The normalized spacial score (nSPS) is 11.9. The highest BCUT2D eigenvalue weighted by Crippen LogP contribution is 2.24. The van der Waals surface area contributed by atoms with Gasteiger partial charge in [-0.15, -0.1) is 10.2 Å². The molecule has 0 aliphatic rings. The number of aromatic nitrogens is 2. The van der Waals surface area contributed by atoms with Crippen molar-refractivity contribution in [3.63, 3.8) is 0 Å². The summed E-state index contributed by atoms with van der Waals surface area (Å²) in [4.78, 5) is 11.7. The van der Waals surface area contributed by atoms with Crippen LogP contribution in [0.5, 0.6) is 0 Å². The average Bonchev–Trinajstić information content (AvgIpc) is 3.02. The summed E-state index contributed by atoms with van der Waals surface area (Å²) >= 11 is 0.856. The summed E-state index contributed by atoms with van der Waals surface area (Å²) in [5.41, 5.74) is 0.890. The minimum Gasteiger partial charge on any atom is -0.300 e. The molecule has 2 rings (SSSR count). The van der Waals surface area contributed by atoms with Crippen molar-refractivity contribution in [3.8, 4) is 0 Å². The van der Waals surface area contributed by atoms with Crippen LogP contribution in [-0.2, 0) is 21.4 Å². The molecule has 1 N–H and O–H groups in total. The Kier molecular flexibility index (Phi) is 6.03. The number of sulfonamides is 1. The minimum atomic E-state index is -3.76. The second-order valence-corrected chi connectivity index (χ2v) is 8.52. The van der Waals surface area contributed by atoms with Crippen molar-refractivity contribution in [2.45, 2.75) is 31.7 Å². The molecule has 0 saturated heterocycles. The monoisotopic (exact) mass is 368 g/mol.